The molecule has 0 amide bonds. The highest BCUT2D eigenvalue weighted by atomic mass is 31.2. The van der Waals surface area contributed by atoms with Crippen LogP contribution in [0, 0.1) is 5.92 Å². The third-order valence-electron chi connectivity index (χ3n) is 6.82. The highest BCUT2D eigenvalue weighted by Gasteiger charge is 2.62. The molecule has 2 aromatic heterocycles. The molecule has 2 saturated heterocycles. The molecule has 3 aromatic rings. The van der Waals surface area contributed by atoms with Crippen molar-refractivity contribution in [3.05, 3.63) is 36.7 Å². The number of nitrogens with two attached hydrogens (primary N) is 1. The van der Waals surface area contributed by atoms with Gasteiger partial charge in [0, 0.05) is 6.42 Å². The Morgan fingerprint density at radius 3 is 2.69 bits per heavy atom. The first-order chi connectivity index (χ1) is 18.7. The van der Waals surface area contributed by atoms with Gasteiger partial charge in [-0.2, -0.15) is 9.97 Å². The Labute approximate surface area is 223 Å². The summed E-state index contributed by atoms with van der Waals surface area (Å²) in [5.74, 6) is -0.860. The Hall–Kier alpha value is -3.29. The van der Waals surface area contributed by atoms with Gasteiger partial charge in [0.05, 0.1) is 45.8 Å². The molecule has 1 aromatic carbocycles. The largest absolute Gasteiger partial charge is 0.479 e. The molecule has 39 heavy (non-hydrogen) atoms. The van der Waals surface area contributed by atoms with E-state index < -0.39 is 43.5 Å². The summed E-state index contributed by atoms with van der Waals surface area (Å²) in [6, 6.07) is 8.47. The maximum absolute atomic E-state index is 13.8. The van der Waals surface area contributed by atoms with Crippen molar-refractivity contribution in [1.29, 1.82) is 0 Å². The molecule has 0 bridgehead atoms. The first-order valence-corrected chi connectivity index (χ1v) is 14.0. The van der Waals surface area contributed by atoms with E-state index in [2.05, 4.69) is 15.0 Å². The van der Waals surface area contributed by atoms with E-state index in [1.165, 1.54) is 20.5 Å². The minimum atomic E-state index is -3.92. The number of aromatic nitrogens is 4. The fourth-order valence-corrected chi connectivity index (χ4v) is 6.66. The summed E-state index contributed by atoms with van der Waals surface area (Å²) >= 11 is 0. The van der Waals surface area contributed by atoms with Gasteiger partial charge in [0.2, 0.25) is 11.8 Å². The summed E-state index contributed by atoms with van der Waals surface area (Å²) in [4.78, 5) is 24.7. The number of ether oxygens (including phenoxy) is 4. The Bertz CT molecular complexity index is 1380. The van der Waals surface area contributed by atoms with Crippen LogP contribution in [0.3, 0.4) is 0 Å². The predicted octanol–water partition coefficient (Wildman–Crippen LogP) is 1.93. The smallest absolute Gasteiger partial charge is 0.380 e. The lowest BCUT2D eigenvalue weighted by molar-refractivity contribution is -0.225. The zero-order valence-corrected chi connectivity index (χ0v) is 22.5. The molecule has 3 N–H and O–H groups in total. The number of aliphatic hydroxyl groups is 1. The summed E-state index contributed by atoms with van der Waals surface area (Å²) < 4.78 is 49.2. The molecule has 5 rings (SSSR count). The number of rotatable bonds is 10. The topological polar surface area (TPSA) is 179 Å². The average Bonchev–Trinajstić information content (AvgIpc) is 3.45. The molecule has 2 aliphatic rings. The molecule has 4 heterocycles. The maximum atomic E-state index is 13.8. The number of benzene rings is 1. The fourth-order valence-electron chi connectivity index (χ4n) is 4.79. The molecular formula is C24H30N5O9P. The lowest BCUT2D eigenvalue weighted by Crippen LogP contribution is -2.56. The summed E-state index contributed by atoms with van der Waals surface area (Å²) in [5, 5.41) is 11.3. The Morgan fingerprint density at radius 1 is 1.31 bits per heavy atom. The monoisotopic (exact) mass is 563 g/mol. The minimum Gasteiger partial charge on any atom is -0.479 e. The van der Waals surface area contributed by atoms with E-state index in [-0.39, 0.29) is 24.6 Å². The fraction of sp³-hybridized carbons (Fsp3) is 0.500. The van der Waals surface area contributed by atoms with E-state index in [4.69, 9.17) is 33.7 Å². The van der Waals surface area contributed by atoms with Crippen molar-refractivity contribution in [2.45, 2.75) is 37.4 Å². The molecule has 14 nitrogen and oxygen atoms in total. The number of anilines is 1. The number of hydrogen-bond acceptors (Lipinski definition) is 13. The van der Waals surface area contributed by atoms with Crippen LogP contribution in [0.25, 0.3) is 11.2 Å². The standard InChI is InChI=1S/C24H30N5O9P/c1-14(21(31)34-3)12-39(32,38-15-7-5-4-6-8-15)36-11-16-18(30)24(9-10-35-24)22(37-16)29-13-26-17-19(29)27-23(25)28-20(17)33-2/h4-8,13-14,16,18,22,30H,9-12H2,1-3H3,(H2,25,27,28)/t14-,16?,18-,22?,24-,39?/m1/s1. The number of carbonyl (C=O) groups is 1. The molecule has 2 fully saturated rings. The molecule has 2 aliphatic heterocycles. The van der Waals surface area contributed by atoms with Crippen LogP contribution in [0.15, 0.2) is 36.7 Å². The van der Waals surface area contributed by atoms with Crippen LogP contribution in [0.4, 0.5) is 5.95 Å². The lowest BCUT2D eigenvalue weighted by atomic mass is 9.86. The van der Waals surface area contributed by atoms with Crippen LogP contribution in [0.5, 0.6) is 11.6 Å². The molecule has 15 heteroatoms. The number of para-hydroxylation sites is 1. The van der Waals surface area contributed by atoms with E-state index in [1.54, 1.807) is 41.8 Å². The molecule has 0 radical (unpaired) electrons. The third kappa shape index (κ3) is 5.06. The number of imidazole rings is 1. The van der Waals surface area contributed by atoms with Crippen molar-refractivity contribution in [1.82, 2.24) is 19.5 Å². The van der Waals surface area contributed by atoms with Crippen LogP contribution in [0.2, 0.25) is 0 Å². The number of carbonyl (C=O) groups excluding carboxylic acids is 1. The zero-order valence-electron chi connectivity index (χ0n) is 21.6. The summed E-state index contributed by atoms with van der Waals surface area (Å²) in [6.45, 7) is 1.66. The Morgan fingerprint density at radius 2 is 2.05 bits per heavy atom. The first-order valence-electron chi connectivity index (χ1n) is 12.3. The second-order valence-electron chi connectivity index (χ2n) is 9.36. The van der Waals surface area contributed by atoms with Crippen molar-refractivity contribution in [3.63, 3.8) is 0 Å². The SMILES string of the molecule is COC(=O)[C@H](C)CP(=O)(OCC1OC(n2cnc3c(OC)nc(N)nc32)[C@@]2(CCO2)[C@@H]1O)Oc1ccccc1. The van der Waals surface area contributed by atoms with Crippen LogP contribution in [-0.4, -0.2) is 82.0 Å². The molecule has 1 spiro atoms. The maximum Gasteiger partial charge on any atom is 0.380 e. The zero-order chi connectivity index (χ0) is 27.8. The number of hydrogen-bond donors (Lipinski definition) is 2. The van der Waals surface area contributed by atoms with Crippen molar-refractivity contribution in [3.8, 4) is 11.6 Å². The molecule has 0 saturated carbocycles. The predicted molar refractivity (Wildman–Crippen MR) is 136 cm³/mol. The molecule has 0 aliphatic carbocycles. The van der Waals surface area contributed by atoms with Gasteiger partial charge in [0.25, 0.3) is 0 Å². The van der Waals surface area contributed by atoms with E-state index in [1.807, 2.05) is 0 Å². The lowest BCUT2D eigenvalue weighted by Gasteiger charge is -2.44. The van der Waals surface area contributed by atoms with E-state index in [0.717, 1.165) is 0 Å². The quantitative estimate of drug-likeness (QED) is 0.270. The molecular weight excluding hydrogens is 533 g/mol. The van der Waals surface area contributed by atoms with Crippen molar-refractivity contribution in [2.24, 2.45) is 5.92 Å². The number of nitrogens with zero attached hydrogens (tertiary/aromatic N) is 4. The van der Waals surface area contributed by atoms with Crippen LogP contribution < -0.4 is 15.0 Å². The summed E-state index contributed by atoms with van der Waals surface area (Å²) in [5.41, 5.74) is 5.43. The second kappa shape index (κ2) is 10.7. The van der Waals surface area contributed by atoms with E-state index >= 15 is 0 Å². The normalized spacial score (nSPS) is 26.6. The van der Waals surface area contributed by atoms with Gasteiger partial charge in [-0.15, -0.1) is 0 Å². The van der Waals surface area contributed by atoms with Crippen LogP contribution in [0.1, 0.15) is 19.6 Å². The van der Waals surface area contributed by atoms with Gasteiger partial charge in [-0.05, 0) is 12.1 Å². The van der Waals surface area contributed by atoms with Gasteiger partial charge in [0.1, 0.15) is 23.6 Å². The third-order valence-corrected chi connectivity index (χ3v) is 8.84. The second-order valence-corrected chi connectivity index (χ2v) is 11.4. The number of esters is 1. The van der Waals surface area contributed by atoms with Gasteiger partial charge < -0.3 is 34.3 Å². The van der Waals surface area contributed by atoms with E-state index in [0.29, 0.717) is 29.9 Å². The highest BCUT2D eigenvalue weighted by molar-refractivity contribution is 7.54. The van der Waals surface area contributed by atoms with Gasteiger partial charge in [-0.3, -0.25) is 13.9 Å². The van der Waals surface area contributed by atoms with Crippen LogP contribution >= 0.6 is 7.60 Å². The molecule has 3 unspecified atom stereocenters. The van der Waals surface area contributed by atoms with Gasteiger partial charge in [-0.25, -0.2) is 9.55 Å². The minimum absolute atomic E-state index is 0.0261. The summed E-state index contributed by atoms with van der Waals surface area (Å²) in [7, 11) is -1.23. The van der Waals surface area contributed by atoms with Gasteiger partial charge >= 0.3 is 13.6 Å². The number of aliphatic hydroxyl groups excluding tert-OH is 1. The number of nitrogen functional groups attached to an aromatic ring is 1. The molecule has 6 atom stereocenters. The summed E-state index contributed by atoms with van der Waals surface area (Å²) in [6.07, 6.45) is -1.27. The van der Waals surface area contributed by atoms with Crippen molar-refractivity contribution >= 4 is 30.7 Å². The molecule has 210 valence electrons. The first kappa shape index (κ1) is 27.3. The Balaban J connectivity index is 1.40. The number of fused-ring (bicyclic) bond motifs is 1. The van der Waals surface area contributed by atoms with Crippen molar-refractivity contribution < 1.29 is 42.5 Å². The Kier molecular flexibility index (Phi) is 7.49. The number of methoxy groups -OCH3 is 2. The van der Waals surface area contributed by atoms with Gasteiger partial charge in [0.15, 0.2) is 17.4 Å². The highest BCUT2D eigenvalue weighted by Crippen LogP contribution is 2.53. The van der Waals surface area contributed by atoms with E-state index in [9.17, 15) is 14.5 Å². The van der Waals surface area contributed by atoms with Crippen LogP contribution in [-0.2, 0) is 28.1 Å². The van der Waals surface area contributed by atoms with Gasteiger partial charge in [-0.1, -0.05) is 25.1 Å². The average molecular weight is 564 g/mol. The van der Waals surface area contributed by atoms with Crippen molar-refractivity contribution in [2.75, 3.05) is 39.3 Å².